The SMILES string of the molecule is C[C@H]1CN(c2ccncc2Cc2ncc3ccc(-c4c(F)cc(C5(O)CCOCC5)cc4F)nn23)C[C@@H](N)[C@H]1OCCS(C)(=O)=O. The number of ether oxygens (including phenoxy) is 2. The summed E-state index contributed by atoms with van der Waals surface area (Å²) in [5, 5.41) is 15.6. The van der Waals surface area contributed by atoms with Crippen LogP contribution in [0, 0.1) is 17.6 Å². The third-order valence-corrected chi connectivity index (χ3v) is 9.77. The van der Waals surface area contributed by atoms with E-state index in [9.17, 15) is 13.5 Å². The molecule has 2 saturated heterocycles. The molecule has 11 nitrogen and oxygen atoms in total. The minimum absolute atomic E-state index is 0.0316. The van der Waals surface area contributed by atoms with Crippen molar-refractivity contribution in [3.05, 3.63) is 77.5 Å². The van der Waals surface area contributed by atoms with Crippen molar-refractivity contribution in [1.29, 1.82) is 0 Å². The Kier molecular flexibility index (Phi) is 9.09. The van der Waals surface area contributed by atoms with Crippen molar-refractivity contribution in [1.82, 2.24) is 19.6 Å². The molecule has 3 N–H and O–H groups in total. The largest absolute Gasteiger partial charge is 0.385 e. The van der Waals surface area contributed by atoms with Crippen LogP contribution >= 0.6 is 0 Å². The lowest BCUT2D eigenvalue weighted by Gasteiger charge is -2.42. The van der Waals surface area contributed by atoms with Crippen molar-refractivity contribution in [2.45, 2.75) is 43.9 Å². The molecule has 3 aromatic heterocycles. The van der Waals surface area contributed by atoms with Crippen LogP contribution in [-0.4, -0.2) is 90.2 Å². The Bertz CT molecular complexity index is 1800. The highest BCUT2D eigenvalue weighted by Crippen LogP contribution is 2.36. The van der Waals surface area contributed by atoms with Crippen molar-refractivity contribution in [3.63, 3.8) is 0 Å². The van der Waals surface area contributed by atoms with E-state index >= 15 is 8.78 Å². The molecular weight excluding hydrogens is 618 g/mol. The van der Waals surface area contributed by atoms with E-state index in [2.05, 4.69) is 20.0 Å². The summed E-state index contributed by atoms with van der Waals surface area (Å²) in [4.78, 5) is 11.1. The Labute approximate surface area is 266 Å². The van der Waals surface area contributed by atoms with Crippen LogP contribution < -0.4 is 10.6 Å². The zero-order valence-corrected chi connectivity index (χ0v) is 26.6. The molecule has 0 saturated carbocycles. The second kappa shape index (κ2) is 12.9. The number of halogens is 2. The summed E-state index contributed by atoms with van der Waals surface area (Å²) < 4.78 is 66.8. The zero-order valence-electron chi connectivity index (χ0n) is 25.8. The third-order valence-electron chi connectivity index (χ3n) is 8.86. The lowest BCUT2D eigenvalue weighted by atomic mass is 9.85. The van der Waals surface area contributed by atoms with Crippen molar-refractivity contribution in [2.75, 3.05) is 49.8 Å². The molecule has 0 amide bonds. The molecule has 2 aliphatic heterocycles. The fraction of sp³-hybridized carbons (Fsp3) is 0.469. The number of hydrogen-bond acceptors (Lipinski definition) is 10. The molecule has 0 bridgehead atoms. The van der Waals surface area contributed by atoms with Crippen LogP contribution in [0.2, 0.25) is 0 Å². The van der Waals surface area contributed by atoms with Gasteiger partial charge >= 0.3 is 0 Å². The van der Waals surface area contributed by atoms with E-state index in [1.807, 2.05) is 13.0 Å². The number of nitrogens with zero attached hydrogens (tertiary/aromatic N) is 5. The number of rotatable bonds is 9. The summed E-state index contributed by atoms with van der Waals surface area (Å²) in [7, 11) is -3.14. The van der Waals surface area contributed by atoms with Gasteiger partial charge in [0.25, 0.3) is 0 Å². The van der Waals surface area contributed by atoms with Gasteiger partial charge in [0.05, 0.1) is 47.0 Å². The topological polar surface area (TPSA) is 145 Å². The number of hydrogen-bond donors (Lipinski definition) is 2. The predicted molar refractivity (Wildman–Crippen MR) is 168 cm³/mol. The van der Waals surface area contributed by atoms with E-state index in [1.54, 1.807) is 35.2 Å². The van der Waals surface area contributed by atoms with Gasteiger partial charge in [0.2, 0.25) is 0 Å². The third kappa shape index (κ3) is 6.76. The van der Waals surface area contributed by atoms with Gasteiger partial charge in [-0.2, -0.15) is 5.10 Å². The highest BCUT2D eigenvalue weighted by atomic mass is 32.2. The van der Waals surface area contributed by atoms with Crippen LogP contribution in [0.1, 0.15) is 36.7 Å². The summed E-state index contributed by atoms with van der Waals surface area (Å²) in [5.74, 6) is -1.10. The molecule has 0 unspecified atom stereocenters. The quantitative estimate of drug-likeness (QED) is 0.276. The molecule has 6 rings (SSSR count). The van der Waals surface area contributed by atoms with Crippen LogP contribution in [0.15, 0.2) is 48.9 Å². The summed E-state index contributed by atoms with van der Waals surface area (Å²) >= 11 is 0. The predicted octanol–water partition coefficient (Wildman–Crippen LogP) is 2.87. The molecule has 1 aromatic carbocycles. The van der Waals surface area contributed by atoms with Crippen LogP contribution in [0.25, 0.3) is 16.8 Å². The highest BCUT2D eigenvalue weighted by molar-refractivity contribution is 7.90. The number of anilines is 1. The van der Waals surface area contributed by atoms with Crippen molar-refractivity contribution in [2.24, 2.45) is 11.7 Å². The van der Waals surface area contributed by atoms with Gasteiger partial charge in [0, 0.05) is 87.4 Å². The summed E-state index contributed by atoms with van der Waals surface area (Å²) in [5.41, 5.74) is 7.60. The second-order valence-electron chi connectivity index (χ2n) is 12.4. The molecule has 4 aromatic rings. The number of sulfone groups is 1. The zero-order chi connectivity index (χ0) is 32.6. The van der Waals surface area contributed by atoms with Gasteiger partial charge in [-0.25, -0.2) is 26.7 Å². The van der Waals surface area contributed by atoms with Gasteiger partial charge in [0.1, 0.15) is 27.3 Å². The molecule has 5 heterocycles. The van der Waals surface area contributed by atoms with E-state index in [0.29, 0.717) is 44.1 Å². The minimum Gasteiger partial charge on any atom is -0.385 e. The number of aromatic nitrogens is 4. The van der Waals surface area contributed by atoms with Crippen LogP contribution in [0.3, 0.4) is 0 Å². The smallest absolute Gasteiger partial charge is 0.149 e. The van der Waals surface area contributed by atoms with Crippen molar-refractivity contribution < 1.29 is 31.8 Å². The van der Waals surface area contributed by atoms with Gasteiger partial charge in [-0.3, -0.25) is 4.98 Å². The first-order chi connectivity index (χ1) is 21.9. The summed E-state index contributed by atoms with van der Waals surface area (Å²) in [6, 6.07) is 7.18. The average molecular weight is 657 g/mol. The molecule has 0 aliphatic carbocycles. The van der Waals surface area contributed by atoms with Crippen LogP contribution in [0.4, 0.5) is 14.5 Å². The van der Waals surface area contributed by atoms with Gasteiger partial charge in [-0.05, 0) is 35.9 Å². The number of piperidine rings is 1. The van der Waals surface area contributed by atoms with E-state index in [-0.39, 0.29) is 60.1 Å². The molecule has 0 radical (unpaired) electrons. The minimum atomic E-state index is -3.14. The fourth-order valence-corrected chi connectivity index (χ4v) is 6.83. The first-order valence-electron chi connectivity index (χ1n) is 15.3. The Hall–Kier alpha value is -3.56. The lowest BCUT2D eigenvalue weighted by molar-refractivity contribution is -0.0682. The number of pyridine rings is 1. The van der Waals surface area contributed by atoms with Crippen molar-refractivity contribution in [3.8, 4) is 11.3 Å². The Morgan fingerprint density at radius 3 is 2.57 bits per heavy atom. The molecule has 14 heteroatoms. The summed E-state index contributed by atoms with van der Waals surface area (Å²) in [6.45, 7) is 3.88. The molecule has 0 spiro atoms. The van der Waals surface area contributed by atoms with Gasteiger partial charge in [-0.15, -0.1) is 0 Å². The van der Waals surface area contributed by atoms with Crippen LogP contribution in [-0.2, 0) is 31.3 Å². The van der Waals surface area contributed by atoms with E-state index in [4.69, 9.17) is 15.2 Å². The Morgan fingerprint density at radius 2 is 1.87 bits per heavy atom. The molecule has 3 atom stereocenters. The first kappa shape index (κ1) is 32.4. The van der Waals surface area contributed by atoms with Gasteiger partial charge in [-0.1, -0.05) is 6.92 Å². The highest BCUT2D eigenvalue weighted by Gasteiger charge is 2.35. The second-order valence-corrected chi connectivity index (χ2v) is 14.6. The number of imidazole rings is 1. The van der Waals surface area contributed by atoms with E-state index < -0.39 is 27.1 Å². The molecule has 2 fully saturated rings. The number of fused-ring (bicyclic) bond motifs is 1. The van der Waals surface area contributed by atoms with Crippen LogP contribution in [0.5, 0.6) is 0 Å². The maximum absolute atomic E-state index is 15.5. The maximum atomic E-state index is 15.5. The fourth-order valence-electron chi connectivity index (χ4n) is 6.43. The monoisotopic (exact) mass is 656 g/mol. The van der Waals surface area contributed by atoms with E-state index in [0.717, 1.165) is 11.3 Å². The van der Waals surface area contributed by atoms with Gasteiger partial charge < -0.3 is 25.2 Å². The number of aliphatic hydroxyl groups is 1. The van der Waals surface area contributed by atoms with Gasteiger partial charge in [0.15, 0.2) is 0 Å². The van der Waals surface area contributed by atoms with Crippen molar-refractivity contribution >= 4 is 21.0 Å². The Balaban J connectivity index is 1.24. The summed E-state index contributed by atoms with van der Waals surface area (Å²) in [6.07, 6.45) is 6.85. The van der Waals surface area contributed by atoms with E-state index in [1.165, 1.54) is 18.4 Å². The lowest BCUT2D eigenvalue weighted by Crippen LogP contribution is -2.57. The number of nitrogens with two attached hydrogens (primary N) is 1. The normalized spacial score (nSPS) is 22.0. The molecule has 46 heavy (non-hydrogen) atoms. The molecule has 246 valence electrons. The number of benzene rings is 1. The standard InChI is InChI=1S/C32H38F2N6O5S/c1-20-18-39(19-26(35)31(20)45-11-12-46(2,42)43)28-5-8-36-16-21(28)13-29-37-17-23-3-4-27(38-40(23)29)30-24(33)14-22(15-25(30)34)32(41)6-9-44-10-7-32/h3-5,8,14-17,20,26,31,41H,6-7,9-13,18-19,35H2,1-2H3/t20-,26+,31-/m0/s1. The Morgan fingerprint density at radius 1 is 1.13 bits per heavy atom. The molecular formula is C32H38F2N6O5S. The molecule has 2 aliphatic rings. The average Bonchev–Trinajstić information content (AvgIpc) is 3.40. The first-order valence-corrected chi connectivity index (χ1v) is 17.3. The maximum Gasteiger partial charge on any atom is 0.149 e.